The highest BCUT2D eigenvalue weighted by Crippen LogP contribution is 2.40. The van der Waals surface area contributed by atoms with E-state index in [9.17, 15) is 14.7 Å². The minimum Gasteiger partial charge on any atom is -0.872 e. The molecule has 33 heavy (non-hydrogen) atoms. The summed E-state index contributed by atoms with van der Waals surface area (Å²) in [6.45, 7) is 4.49. The Morgan fingerprint density at radius 2 is 1.91 bits per heavy atom. The number of nitrogens with one attached hydrogen (secondary N) is 1. The van der Waals surface area contributed by atoms with E-state index in [0.717, 1.165) is 32.8 Å². The monoisotopic (exact) mass is 456 g/mol. The number of morpholine rings is 1. The number of carbonyl (C=O) groups is 2. The molecule has 1 aromatic carbocycles. The molecule has 3 heterocycles. The maximum Gasteiger partial charge on any atom is 0.295 e. The lowest BCUT2D eigenvalue weighted by molar-refractivity contribution is -0.908. The fraction of sp³-hybridized carbons (Fsp3) is 0.417. The Morgan fingerprint density at radius 3 is 2.58 bits per heavy atom. The predicted molar refractivity (Wildman–Crippen MR) is 116 cm³/mol. The van der Waals surface area contributed by atoms with Crippen molar-refractivity contribution in [1.29, 1.82) is 0 Å². The van der Waals surface area contributed by atoms with E-state index < -0.39 is 23.5 Å². The van der Waals surface area contributed by atoms with Gasteiger partial charge in [0, 0.05) is 18.5 Å². The quantitative estimate of drug-likeness (QED) is 0.334. The number of likely N-dealkylation sites (tertiary alicyclic amines) is 1. The van der Waals surface area contributed by atoms with E-state index in [1.165, 1.54) is 36.3 Å². The molecule has 1 aromatic heterocycles. The van der Waals surface area contributed by atoms with Gasteiger partial charge in [-0.1, -0.05) is 11.8 Å². The largest absolute Gasteiger partial charge is 0.872 e. The van der Waals surface area contributed by atoms with Crippen LogP contribution in [-0.4, -0.2) is 70.2 Å². The van der Waals surface area contributed by atoms with Crippen molar-refractivity contribution in [2.24, 2.45) is 0 Å². The molecule has 4 rings (SSSR count). The second-order valence-corrected chi connectivity index (χ2v) is 8.02. The first-order valence-electron chi connectivity index (χ1n) is 11.0. The average Bonchev–Trinajstić information content (AvgIpc) is 3.46. The molecule has 0 bridgehead atoms. The van der Waals surface area contributed by atoms with Crippen molar-refractivity contribution in [1.82, 2.24) is 4.90 Å². The Labute approximate surface area is 192 Å². The third kappa shape index (κ3) is 4.60. The first-order chi connectivity index (χ1) is 16.0. The van der Waals surface area contributed by atoms with Crippen molar-refractivity contribution in [3.05, 3.63) is 53.5 Å². The zero-order valence-corrected chi connectivity index (χ0v) is 18.8. The second-order valence-electron chi connectivity index (χ2n) is 8.02. The average molecular weight is 456 g/mol. The van der Waals surface area contributed by atoms with Crippen molar-refractivity contribution in [3.8, 4) is 11.5 Å². The summed E-state index contributed by atoms with van der Waals surface area (Å²) >= 11 is 0. The van der Waals surface area contributed by atoms with E-state index in [4.69, 9.17) is 18.6 Å². The Hall–Kier alpha value is -3.30. The zero-order valence-electron chi connectivity index (χ0n) is 18.8. The number of carbonyl (C=O) groups excluding carboxylic acids is 2. The topological polar surface area (TPSA) is 106 Å². The highest BCUT2D eigenvalue weighted by Gasteiger charge is 2.45. The number of hydrogen-bond donors (Lipinski definition) is 1. The Kier molecular flexibility index (Phi) is 7.00. The van der Waals surface area contributed by atoms with Gasteiger partial charge in [0.05, 0.1) is 40.2 Å². The first-order valence-corrected chi connectivity index (χ1v) is 11.0. The number of ketones is 1. The van der Waals surface area contributed by atoms with Crippen LogP contribution >= 0.6 is 0 Å². The van der Waals surface area contributed by atoms with Gasteiger partial charge in [0.15, 0.2) is 11.5 Å². The standard InChI is InChI=1S/C24H28N2O7/c1-30-17-7-6-16(15-19(17)31-2)22(27)20-21(18-5-3-12-33-18)26(24(29)23(20)28)9-4-8-25-10-13-32-14-11-25/h3,5-7,12,15,21,27H,4,8-11,13-14H2,1-2H3. The minimum atomic E-state index is -0.861. The van der Waals surface area contributed by atoms with Crippen LogP contribution in [0.5, 0.6) is 11.5 Å². The number of benzene rings is 1. The molecule has 0 aliphatic carbocycles. The number of methoxy groups -OCH3 is 2. The summed E-state index contributed by atoms with van der Waals surface area (Å²) in [5.74, 6) is -0.802. The summed E-state index contributed by atoms with van der Waals surface area (Å²) in [5, 5.41) is 13.5. The summed E-state index contributed by atoms with van der Waals surface area (Å²) in [6, 6.07) is 7.16. The molecule has 0 saturated carbocycles. The summed E-state index contributed by atoms with van der Waals surface area (Å²) in [5.41, 5.74) is 0.126. The van der Waals surface area contributed by atoms with E-state index >= 15 is 0 Å². The van der Waals surface area contributed by atoms with Crippen LogP contribution in [0.1, 0.15) is 23.8 Å². The van der Waals surface area contributed by atoms with Gasteiger partial charge in [-0.05, 0) is 29.8 Å². The molecule has 2 fully saturated rings. The summed E-state index contributed by atoms with van der Waals surface area (Å²) in [7, 11) is 2.96. The number of hydrogen-bond acceptors (Lipinski definition) is 7. The molecular weight excluding hydrogens is 428 g/mol. The first kappa shape index (κ1) is 22.9. The molecule has 0 radical (unpaired) electrons. The van der Waals surface area contributed by atoms with Crippen molar-refractivity contribution in [2.75, 3.05) is 53.6 Å². The fourth-order valence-corrected chi connectivity index (χ4v) is 4.39. The summed E-state index contributed by atoms with van der Waals surface area (Å²) in [4.78, 5) is 28.8. The number of amides is 1. The van der Waals surface area contributed by atoms with Gasteiger partial charge < -0.3 is 33.5 Å². The Morgan fingerprint density at radius 1 is 1.15 bits per heavy atom. The van der Waals surface area contributed by atoms with Gasteiger partial charge in [-0.15, -0.1) is 0 Å². The normalized spacial score (nSPS) is 20.9. The second kappa shape index (κ2) is 10.1. The molecular formula is C24H28N2O7. The van der Waals surface area contributed by atoms with E-state index in [-0.39, 0.29) is 11.1 Å². The van der Waals surface area contributed by atoms with Gasteiger partial charge >= 0.3 is 0 Å². The molecule has 2 aliphatic rings. The smallest absolute Gasteiger partial charge is 0.295 e. The minimum absolute atomic E-state index is 0.110. The Balaban J connectivity index is 1.65. The molecule has 1 N–H and O–H groups in total. The van der Waals surface area contributed by atoms with Crippen molar-refractivity contribution in [2.45, 2.75) is 12.5 Å². The van der Waals surface area contributed by atoms with Crippen LogP contribution in [0.2, 0.25) is 0 Å². The Bertz CT molecular complexity index is 1030. The van der Waals surface area contributed by atoms with E-state index in [2.05, 4.69) is 0 Å². The molecule has 176 valence electrons. The van der Waals surface area contributed by atoms with E-state index in [1.807, 2.05) is 0 Å². The summed E-state index contributed by atoms with van der Waals surface area (Å²) < 4.78 is 21.5. The highest BCUT2D eigenvalue weighted by molar-refractivity contribution is 6.46. The number of Topliss-reactive ketones (excluding diaryl/α,β-unsaturated/α-hetero) is 1. The van der Waals surface area contributed by atoms with Crippen molar-refractivity contribution < 1.29 is 38.2 Å². The maximum atomic E-state index is 13.5. The van der Waals surface area contributed by atoms with Crippen LogP contribution in [-0.2, 0) is 14.3 Å². The maximum absolute atomic E-state index is 13.5. The lowest BCUT2D eigenvalue weighted by atomic mass is 9.99. The third-order valence-corrected chi connectivity index (χ3v) is 6.12. The van der Waals surface area contributed by atoms with E-state index in [0.29, 0.717) is 30.2 Å². The number of quaternary nitrogens is 1. The van der Waals surface area contributed by atoms with Gasteiger partial charge in [-0.25, -0.2) is 0 Å². The molecule has 0 spiro atoms. The van der Waals surface area contributed by atoms with Gasteiger partial charge in [0.2, 0.25) is 5.78 Å². The van der Waals surface area contributed by atoms with Crippen LogP contribution in [0, 0.1) is 0 Å². The van der Waals surface area contributed by atoms with Gasteiger partial charge in [-0.3, -0.25) is 9.59 Å². The van der Waals surface area contributed by atoms with Gasteiger partial charge in [-0.2, -0.15) is 0 Å². The zero-order chi connectivity index (χ0) is 23.4. The summed E-state index contributed by atoms with van der Waals surface area (Å²) in [6.07, 6.45) is 2.17. The predicted octanol–water partition coefficient (Wildman–Crippen LogP) is -0.174. The third-order valence-electron chi connectivity index (χ3n) is 6.12. The van der Waals surface area contributed by atoms with Crippen LogP contribution in [0.4, 0.5) is 0 Å². The molecule has 9 heteroatoms. The van der Waals surface area contributed by atoms with Gasteiger partial charge in [0.1, 0.15) is 24.9 Å². The molecule has 2 saturated heterocycles. The number of rotatable bonds is 8. The number of furan rings is 1. The van der Waals surface area contributed by atoms with Crippen LogP contribution in [0.25, 0.3) is 5.76 Å². The van der Waals surface area contributed by atoms with E-state index in [1.54, 1.807) is 24.3 Å². The number of ether oxygens (including phenoxy) is 3. The van der Waals surface area contributed by atoms with Gasteiger partial charge in [0.25, 0.3) is 5.91 Å². The molecule has 2 aliphatic heterocycles. The SMILES string of the molecule is COc1ccc(C([O-])=C2C(=O)C(=O)N(CCC[NH+]3CCOCC3)C2c2ccco2)cc1OC. The van der Waals surface area contributed by atoms with Crippen LogP contribution in [0.3, 0.4) is 0 Å². The van der Waals surface area contributed by atoms with Crippen LogP contribution in [0.15, 0.2) is 46.6 Å². The highest BCUT2D eigenvalue weighted by atomic mass is 16.5. The lowest BCUT2D eigenvalue weighted by Gasteiger charge is -2.27. The molecule has 1 amide bonds. The van der Waals surface area contributed by atoms with Crippen molar-refractivity contribution in [3.63, 3.8) is 0 Å². The molecule has 1 atom stereocenters. The van der Waals surface area contributed by atoms with Crippen molar-refractivity contribution >= 4 is 17.4 Å². The molecule has 9 nitrogen and oxygen atoms in total. The lowest BCUT2D eigenvalue weighted by Crippen LogP contribution is -3.14. The van der Waals surface area contributed by atoms with Crippen LogP contribution < -0.4 is 19.5 Å². The molecule has 1 unspecified atom stereocenters. The molecule has 2 aromatic rings. The number of nitrogens with zero attached hydrogens (tertiary/aromatic N) is 1. The fourth-order valence-electron chi connectivity index (χ4n) is 4.39.